The highest BCUT2D eigenvalue weighted by Gasteiger charge is 2.48. The molecule has 0 bridgehead atoms. The van der Waals surface area contributed by atoms with Crippen LogP contribution in [0.2, 0.25) is 0 Å². The summed E-state index contributed by atoms with van der Waals surface area (Å²) < 4.78 is 14.8. The zero-order valence-electron chi connectivity index (χ0n) is 14.6. The fourth-order valence-corrected chi connectivity index (χ4v) is 5.53. The summed E-state index contributed by atoms with van der Waals surface area (Å²) in [5.74, 6) is 0.369. The predicted molar refractivity (Wildman–Crippen MR) is 114 cm³/mol. The van der Waals surface area contributed by atoms with Crippen molar-refractivity contribution in [1.82, 2.24) is 0 Å². The van der Waals surface area contributed by atoms with Gasteiger partial charge in [-0.3, -0.25) is 14.8 Å². The van der Waals surface area contributed by atoms with E-state index < -0.39 is 5.54 Å². The van der Waals surface area contributed by atoms with Crippen molar-refractivity contribution in [3.8, 4) is 0 Å². The Morgan fingerprint density at radius 3 is 3.19 bits per heavy atom. The van der Waals surface area contributed by atoms with E-state index in [4.69, 9.17) is 17.3 Å². The quantitative estimate of drug-likeness (QED) is 0.404. The maximum atomic E-state index is 14.8. The van der Waals surface area contributed by atoms with Crippen molar-refractivity contribution in [2.75, 3.05) is 16.3 Å². The highest BCUT2D eigenvalue weighted by atomic mass is 35.5. The molecule has 0 spiro atoms. The van der Waals surface area contributed by atoms with Gasteiger partial charge in [-0.15, -0.1) is 23.4 Å². The highest BCUT2D eigenvalue weighted by molar-refractivity contribution is 8.13. The van der Waals surface area contributed by atoms with Gasteiger partial charge in [0.25, 0.3) is 5.91 Å². The molecule has 27 heavy (non-hydrogen) atoms. The third kappa shape index (κ3) is 4.17. The lowest BCUT2D eigenvalue weighted by atomic mass is 9.81. The zero-order chi connectivity index (χ0) is 19.4. The largest absolute Gasteiger partial charge is 0.379 e. The Kier molecular flexibility index (Phi) is 6.49. The van der Waals surface area contributed by atoms with Gasteiger partial charge in [0.2, 0.25) is 0 Å². The lowest BCUT2D eigenvalue weighted by Crippen LogP contribution is -2.37. The fourth-order valence-electron chi connectivity index (χ4n) is 3.69. The Hall–Kier alpha value is -1.51. The molecule has 1 saturated carbocycles. The molecule has 144 valence electrons. The lowest BCUT2D eigenvalue weighted by Gasteiger charge is -2.36. The van der Waals surface area contributed by atoms with Crippen molar-refractivity contribution in [2.24, 2.45) is 21.6 Å². The first-order chi connectivity index (χ1) is 13.0. The first kappa shape index (κ1) is 20.2. The smallest absolute Gasteiger partial charge is 0.263 e. The van der Waals surface area contributed by atoms with Crippen LogP contribution in [0.3, 0.4) is 0 Å². The van der Waals surface area contributed by atoms with E-state index in [1.54, 1.807) is 6.07 Å². The van der Waals surface area contributed by atoms with E-state index in [1.807, 2.05) is 0 Å². The minimum Gasteiger partial charge on any atom is -0.379 e. The monoisotopic (exact) mass is 426 g/mol. The van der Waals surface area contributed by atoms with E-state index in [9.17, 15) is 9.18 Å². The molecule has 2 atom stereocenters. The van der Waals surface area contributed by atoms with Crippen LogP contribution in [0, 0.1) is 11.7 Å². The van der Waals surface area contributed by atoms with Gasteiger partial charge in [0.1, 0.15) is 5.82 Å². The van der Waals surface area contributed by atoms with Crippen molar-refractivity contribution in [3.63, 3.8) is 0 Å². The molecular formula is C18H20ClFN4OS2. The minimum atomic E-state index is -0.646. The van der Waals surface area contributed by atoms with E-state index >= 15 is 0 Å². The second-order valence-electron chi connectivity index (χ2n) is 6.35. The van der Waals surface area contributed by atoms with E-state index in [0.717, 1.165) is 36.8 Å². The molecule has 1 aliphatic carbocycles. The van der Waals surface area contributed by atoms with Gasteiger partial charge in [0.15, 0.2) is 5.17 Å². The first-order valence-corrected chi connectivity index (χ1v) is 10.9. The summed E-state index contributed by atoms with van der Waals surface area (Å²) in [6.07, 6.45) is 4.06. The number of thioether (sulfide) groups is 2. The molecule has 3 rings (SSSR count). The molecule has 0 aromatic heterocycles. The third-order valence-corrected chi connectivity index (χ3v) is 6.86. The Morgan fingerprint density at radius 1 is 1.63 bits per heavy atom. The molecule has 1 aromatic carbocycles. The maximum absolute atomic E-state index is 14.8. The number of aliphatic imine (C=N–C) groups is 2. The maximum Gasteiger partial charge on any atom is 0.263 e. The predicted octanol–water partition coefficient (Wildman–Crippen LogP) is 4.29. The number of amides is 1. The SMILES string of the molecule is C=N/C=C(\SCCl)C(=O)Nc1ccc(F)c(C23CCCC2CSC(N)=N3)c1. The van der Waals surface area contributed by atoms with E-state index in [0.29, 0.717) is 21.3 Å². The summed E-state index contributed by atoms with van der Waals surface area (Å²) in [5, 5.41) is 3.48. The average Bonchev–Trinajstić information content (AvgIpc) is 3.07. The lowest BCUT2D eigenvalue weighted by molar-refractivity contribution is -0.112. The summed E-state index contributed by atoms with van der Waals surface area (Å²) in [6.45, 7) is 3.36. The van der Waals surface area contributed by atoms with Gasteiger partial charge in [0.05, 0.1) is 15.7 Å². The van der Waals surface area contributed by atoms with Gasteiger partial charge < -0.3 is 11.1 Å². The Labute approximate surface area is 171 Å². The Bertz CT molecular complexity index is 817. The summed E-state index contributed by atoms with van der Waals surface area (Å²) >= 11 is 8.37. The molecule has 1 aromatic rings. The van der Waals surface area contributed by atoms with Crippen molar-refractivity contribution in [1.29, 1.82) is 0 Å². The molecule has 1 fully saturated rings. The van der Waals surface area contributed by atoms with Crippen LogP contribution < -0.4 is 11.1 Å². The molecule has 2 aliphatic rings. The molecule has 1 amide bonds. The van der Waals surface area contributed by atoms with Crippen LogP contribution in [-0.2, 0) is 10.3 Å². The number of amidine groups is 1. The zero-order valence-corrected chi connectivity index (χ0v) is 17.0. The van der Waals surface area contributed by atoms with Crippen LogP contribution in [0.5, 0.6) is 0 Å². The number of carbonyl (C=O) groups excluding carboxylic acids is 1. The second kappa shape index (κ2) is 8.67. The molecule has 0 saturated heterocycles. The van der Waals surface area contributed by atoms with Crippen LogP contribution in [0.4, 0.5) is 10.1 Å². The van der Waals surface area contributed by atoms with Gasteiger partial charge in [-0.1, -0.05) is 18.2 Å². The van der Waals surface area contributed by atoms with Crippen LogP contribution >= 0.6 is 35.1 Å². The van der Waals surface area contributed by atoms with E-state index in [2.05, 4.69) is 22.0 Å². The first-order valence-electron chi connectivity index (χ1n) is 8.44. The molecule has 1 aliphatic heterocycles. The van der Waals surface area contributed by atoms with Crippen LogP contribution in [0.1, 0.15) is 24.8 Å². The normalized spacial score (nSPS) is 24.9. The number of halogens is 2. The van der Waals surface area contributed by atoms with Gasteiger partial charge in [-0.2, -0.15) is 0 Å². The number of hydrogen-bond acceptors (Lipinski definition) is 6. The molecule has 3 N–H and O–H groups in total. The summed E-state index contributed by atoms with van der Waals surface area (Å²) in [7, 11) is 0. The number of alkyl halides is 1. The molecule has 1 heterocycles. The topological polar surface area (TPSA) is 79.8 Å². The van der Waals surface area contributed by atoms with Gasteiger partial charge >= 0.3 is 0 Å². The number of benzene rings is 1. The number of fused-ring (bicyclic) bond motifs is 1. The van der Waals surface area contributed by atoms with Crippen molar-refractivity contribution in [2.45, 2.75) is 24.8 Å². The number of rotatable bonds is 6. The second-order valence-corrected chi connectivity index (χ2v) is 8.99. The minimum absolute atomic E-state index is 0.208. The molecule has 5 nitrogen and oxygen atoms in total. The molecule has 0 radical (unpaired) electrons. The average molecular weight is 427 g/mol. The Balaban J connectivity index is 1.93. The van der Waals surface area contributed by atoms with Crippen LogP contribution in [0.15, 0.2) is 39.3 Å². The van der Waals surface area contributed by atoms with Crippen LogP contribution in [0.25, 0.3) is 0 Å². The number of nitrogens with one attached hydrogen (secondary N) is 1. The molecule has 2 unspecified atom stereocenters. The van der Waals surface area contributed by atoms with Crippen molar-refractivity contribution in [3.05, 3.63) is 40.7 Å². The van der Waals surface area contributed by atoms with Crippen LogP contribution in [-0.4, -0.2) is 28.8 Å². The third-order valence-electron chi connectivity index (χ3n) is 4.86. The van der Waals surface area contributed by atoms with E-state index in [-0.39, 0.29) is 22.9 Å². The fraction of sp³-hybridized carbons (Fsp3) is 0.389. The standard InChI is InChI=1S/C18H20ClFN4OS2/c1-22-8-15(27-10-19)16(25)23-12-4-5-14(20)13(7-12)18-6-2-3-11(18)9-26-17(21)24-18/h4-5,7-8,11H,1-3,6,9-10H2,(H2,21,24)(H,23,25)/b15-8-. The van der Waals surface area contributed by atoms with Crippen molar-refractivity contribution >= 4 is 58.6 Å². The Morgan fingerprint density at radius 2 is 2.44 bits per heavy atom. The van der Waals surface area contributed by atoms with E-state index in [1.165, 1.54) is 30.1 Å². The molecular weight excluding hydrogens is 407 g/mol. The highest BCUT2D eigenvalue weighted by Crippen LogP contribution is 2.51. The number of nitrogens with zero attached hydrogens (tertiary/aromatic N) is 2. The summed E-state index contributed by atoms with van der Waals surface area (Å²) in [5.41, 5.74) is 6.31. The van der Waals surface area contributed by atoms with Crippen molar-refractivity contribution < 1.29 is 9.18 Å². The molecule has 9 heteroatoms. The summed E-state index contributed by atoms with van der Waals surface area (Å²) in [4.78, 5) is 21.1. The van der Waals surface area contributed by atoms with Gasteiger partial charge in [-0.25, -0.2) is 4.39 Å². The number of carbonyl (C=O) groups is 1. The number of nitrogens with two attached hydrogens (primary N) is 1. The van der Waals surface area contributed by atoms with Gasteiger partial charge in [0, 0.05) is 23.2 Å². The number of hydrogen-bond donors (Lipinski definition) is 2. The number of anilines is 1. The van der Waals surface area contributed by atoms with Gasteiger partial charge in [-0.05, 0) is 43.7 Å². The summed E-state index contributed by atoms with van der Waals surface area (Å²) in [6, 6.07) is 4.57.